The molecule has 4 rings (SSSR count). The smallest absolute Gasteiger partial charge is 0.328 e. The van der Waals surface area contributed by atoms with Gasteiger partial charge in [-0.3, -0.25) is 14.9 Å². The van der Waals surface area contributed by atoms with Crippen LogP contribution in [0.15, 0.2) is 35.5 Å². The van der Waals surface area contributed by atoms with E-state index < -0.39 is 23.0 Å². The average Bonchev–Trinajstić information content (AvgIpc) is 3.03. The van der Waals surface area contributed by atoms with Crippen molar-refractivity contribution in [2.45, 2.75) is 32.0 Å². The number of fused-ring (bicyclic) bond motifs is 1. The number of carbonyl (C=O) groups excluding carboxylic acids is 1. The summed E-state index contributed by atoms with van der Waals surface area (Å²) in [5, 5.41) is 17.3. The van der Waals surface area contributed by atoms with Gasteiger partial charge in [-0.2, -0.15) is 18.2 Å². The van der Waals surface area contributed by atoms with Crippen molar-refractivity contribution >= 4 is 17.4 Å². The molecule has 1 aliphatic carbocycles. The fourth-order valence-corrected chi connectivity index (χ4v) is 3.61. The summed E-state index contributed by atoms with van der Waals surface area (Å²) in [6.45, 7) is 1.88. The molecule has 2 heterocycles. The van der Waals surface area contributed by atoms with E-state index in [2.05, 4.69) is 15.4 Å². The minimum absolute atomic E-state index is 0.0350. The van der Waals surface area contributed by atoms with Crippen LogP contribution in [0.25, 0.3) is 0 Å². The molecule has 8 nitrogen and oxygen atoms in total. The van der Waals surface area contributed by atoms with E-state index in [9.17, 15) is 28.1 Å². The summed E-state index contributed by atoms with van der Waals surface area (Å²) >= 11 is 0. The van der Waals surface area contributed by atoms with Crippen LogP contribution in [0.1, 0.15) is 37.2 Å². The summed E-state index contributed by atoms with van der Waals surface area (Å²) in [5.74, 6) is -1.59. The van der Waals surface area contributed by atoms with E-state index >= 15 is 0 Å². The quantitative estimate of drug-likeness (QED) is 0.619. The summed E-state index contributed by atoms with van der Waals surface area (Å²) < 4.78 is 40.4. The van der Waals surface area contributed by atoms with E-state index in [1.54, 1.807) is 0 Å². The van der Waals surface area contributed by atoms with Crippen LogP contribution in [0, 0.1) is 16.0 Å². The Balaban J connectivity index is 1.88. The number of allylic oxidation sites excluding steroid dienone is 2. The van der Waals surface area contributed by atoms with E-state index in [1.807, 2.05) is 6.92 Å². The number of hydrogen-bond donors (Lipinski definition) is 1. The number of Topliss-reactive ketones (excluding diaryl/α,β-unsaturated/α-hetero) is 1. The number of nitro benzene ring substituents is 1. The first-order valence-electron chi connectivity index (χ1n) is 8.46. The lowest BCUT2D eigenvalue weighted by molar-refractivity contribution is -0.384. The lowest BCUT2D eigenvalue weighted by atomic mass is 9.81. The van der Waals surface area contributed by atoms with Crippen molar-refractivity contribution in [1.82, 2.24) is 14.8 Å². The number of carbonyl (C=O) groups is 1. The number of rotatable bonds is 2. The van der Waals surface area contributed by atoms with Gasteiger partial charge >= 0.3 is 6.18 Å². The number of ketones is 1. The number of nitrogens with one attached hydrogen (secondary N) is 1. The van der Waals surface area contributed by atoms with Gasteiger partial charge < -0.3 is 5.32 Å². The van der Waals surface area contributed by atoms with Crippen LogP contribution >= 0.6 is 0 Å². The molecule has 1 aliphatic heterocycles. The minimum Gasteiger partial charge on any atom is -0.328 e. The van der Waals surface area contributed by atoms with Crippen LogP contribution in [0.2, 0.25) is 0 Å². The largest absolute Gasteiger partial charge is 0.453 e. The van der Waals surface area contributed by atoms with Gasteiger partial charge in [-0.15, -0.1) is 5.10 Å². The molecule has 0 saturated carbocycles. The first-order chi connectivity index (χ1) is 13.1. The molecular weight excluding hydrogens is 379 g/mol. The Bertz CT molecular complexity index is 1010. The Morgan fingerprint density at radius 2 is 1.93 bits per heavy atom. The number of hydrogen-bond acceptors (Lipinski definition) is 6. The number of benzene rings is 1. The molecule has 2 aliphatic rings. The van der Waals surface area contributed by atoms with E-state index in [0.717, 1.165) is 4.68 Å². The molecule has 146 valence electrons. The molecule has 11 heteroatoms. The predicted octanol–water partition coefficient (Wildman–Crippen LogP) is 3.47. The van der Waals surface area contributed by atoms with Crippen molar-refractivity contribution in [2.75, 3.05) is 5.32 Å². The topological polar surface area (TPSA) is 103 Å². The van der Waals surface area contributed by atoms with Crippen LogP contribution < -0.4 is 5.32 Å². The molecule has 1 aromatic carbocycles. The van der Waals surface area contributed by atoms with Gasteiger partial charge in [0.2, 0.25) is 5.95 Å². The van der Waals surface area contributed by atoms with Crippen LogP contribution in [-0.2, 0) is 11.0 Å². The SMILES string of the molecule is C[C@@H]1CC(=O)C2=C(C1)Nc1nc(C(F)(F)F)nn1[C@@H]2c1ccc([N+](=O)[O-])cc1. The molecule has 0 bridgehead atoms. The van der Waals surface area contributed by atoms with Crippen LogP contribution in [0.5, 0.6) is 0 Å². The van der Waals surface area contributed by atoms with Gasteiger partial charge in [0.25, 0.3) is 11.5 Å². The lowest BCUT2D eigenvalue weighted by Gasteiger charge is -2.34. The number of nitro groups is 1. The molecule has 0 radical (unpaired) electrons. The zero-order valence-corrected chi connectivity index (χ0v) is 14.5. The second kappa shape index (κ2) is 6.14. The Morgan fingerprint density at radius 1 is 1.25 bits per heavy atom. The van der Waals surface area contributed by atoms with E-state index in [-0.39, 0.29) is 29.8 Å². The van der Waals surface area contributed by atoms with Gasteiger partial charge in [0.15, 0.2) is 5.78 Å². The first-order valence-corrected chi connectivity index (χ1v) is 8.46. The van der Waals surface area contributed by atoms with Crippen molar-refractivity contribution in [3.8, 4) is 0 Å². The monoisotopic (exact) mass is 393 g/mol. The Hall–Kier alpha value is -3.24. The van der Waals surface area contributed by atoms with Crippen molar-refractivity contribution < 1.29 is 22.9 Å². The highest BCUT2D eigenvalue weighted by Crippen LogP contribution is 2.42. The number of alkyl halides is 3. The summed E-state index contributed by atoms with van der Waals surface area (Å²) in [4.78, 5) is 26.6. The summed E-state index contributed by atoms with van der Waals surface area (Å²) in [5.41, 5.74) is 1.09. The van der Waals surface area contributed by atoms with Crippen LogP contribution in [0.4, 0.5) is 24.8 Å². The fraction of sp³-hybridized carbons (Fsp3) is 0.353. The Morgan fingerprint density at radius 3 is 2.54 bits per heavy atom. The second-order valence-corrected chi connectivity index (χ2v) is 6.91. The average molecular weight is 393 g/mol. The normalized spacial score (nSPS) is 21.8. The van der Waals surface area contributed by atoms with Gasteiger partial charge in [-0.05, 0) is 30.0 Å². The molecule has 2 atom stereocenters. The molecule has 0 amide bonds. The van der Waals surface area contributed by atoms with Crippen molar-refractivity contribution in [1.29, 1.82) is 0 Å². The maximum absolute atomic E-state index is 13.1. The van der Waals surface area contributed by atoms with Crippen molar-refractivity contribution in [3.63, 3.8) is 0 Å². The van der Waals surface area contributed by atoms with Gasteiger partial charge in [0.05, 0.1) is 4.92 Å². The third kappa shape index (κ3) is 2.92. The highest BCUT2D eigenvalue weighted by Gasteiger charge is 2.43. The summed E-state index contributed by atoms with van der Waals surface area (Å²) in [6.07, 6.45) is -4.00. The van der Waals surface area contributed by atoms with E-state index in [4.69, 9.17) is 0 Å². The molecule has 1 N–H and O–H groups in total. The highest BCUT2D eigenvalue weighted by atomic mass is 19.4. The van der Waals surface area contributed by atoms with Crippen molar-refractivity contribution in [2.24, 2.45) is 5.92 Å². The number of halogens is 3. The maximum Gasteiger partial charge on any atom is 0.453 e. The maximum atomic E-state index is 13.1. The van der Waals surface area contributed by atoms with Crippen LogP contribution in [0.3, 0.4) is 0 Å². The molecule has 2 aromatic rings. The van der Waals surface area contributed by atoms with E-state index in [1.165, 1.54) is 24.3 Å². The third-order valence-corrected chi connectivity index (χ3v) is 4.80. The minimum atomic E-state index is -4.75. The fourth-order valence-electron chi connectivity index (χ4n) is 3.61. The zero-order valence-electron chi connectivity index (χ0n) is 14.5. The molecule has 0 unspecified atom stereocenters. The van der Waals surface area contributed by atoms with Gasteiger partial charge in [-0.25, -0.2) is 4.68 Å². The standard InChI is InChI=1S/C17H14F3N5O3/c1-8-6-11-13(12(26)7-8)14(9-2-4-10(5-3-9)25(27)28)24-16(21-11)22-15(23-24)17(18,19)20/h2-5,8,14H,6-7H2,1H3,(H,21,22,23)/t8-,14+/m0/s1. The Labute approximate surface area is 156 Å². The number of nitrogens with zero attached hydrogens (tertiary/aromatic N) is 4. The molecule has 0 fully saturated rings. The van der Waals surface area contributed by atoms with E-state index in [0.29, 0.717) is 23.3 Å². The molecule has 0 saturated heterocycles. The number of anilines is 1. The number of aromatic nitrogens is 3. The molecule has 0 spiro atoms. The summed E-state index contributed by atoms with van der Waals surface area (Å²) in [7, 11) is 0. The highest BCUT2D eigenvalue weighted by molar-refractivity contribution is 5.99. The van der Waals surface area contributed by atoms with Gasteiger partial charge in [0, 0.05) is 29.8 Å². The second-order valence-electron chi connectivity index (χ2n) is 6.91. The van der Waals surface area contributed by atoms with Crippen molar-refractivity contribution in [3.05, 3.63) is 57.0 Å². The molecular formula is C17H14F3N5O3. The van der Waals surface area contributed by atoms with Gasteiger partial charge in [0.1, 0.15) is 6.04 Å². The predicted molar refractivity (Wildman–Crippen MR) is 90.3 cm³/mol. The zero-order chi connectivity index (χ0) is 20.2. The summed E-state index contributed by atoms with van der Waals surface area (Å²) in [6, 6.07) is 4.39. The Kier molecular flexibility index (Phi) is 3.98. The molecule has 1 aromatic heterocycles. The third-order valence-electron chi connectivity index (χ3n) is 4.80. The van der Waals surface area contributed by atoms with Crippen LogP contribution in [-0.4, -0.2) is 25.5 Å². The van der Waals surface area contributed by atoms with Gasteiger partial charge in [-0.1, -0.05) is 6.92 Å². The number of non-ortho nitro benzene ring substituents is 1. The lowest BCUT2D eigenvalue weighted by Crippen LogP contribution is -2.33. The first kappa shape index (κ1) is 18.1. The molecule has 28 heavy (non-hydrogen) atoms.